The summed E-state index contributed by atoms with van der Waals surface area (Å²) in [4.78, 5) is 24.2. The molecule has 2 heterocycles. The third-order valence-corrected chi connectivity index (χ3v) is 7.15. The van der Waals surface area contributed by atoms with Crippen LogP contribution in [0.25, 0.3) is 11.3 Å². The van der Waals surface area contributed by atoms with Gasteiger partial charge in [0.25, 0.3) is 0 Å². The van der Waals surface area contributed by atoms with Gasteiger partial charge in [0.05, 0.1) is 30.5 Å². The molecule has 8 heteroatoms. The maximum atomic E-state index is 12.6. The molecule has 4 rings (SSSR count). The fraction of sp³-hybridized carbons (Fsp3) is 0.520. The molecule has 0 saturated heterocycles. The van der Waals surface area contributed by atoms with Crippen LogP contribution in [0.15, 0.2) is 29.2 Å². The number of aromatic carboxylic acids is 1. The van der Waals surface area contributed by atoms with E-state index >= 15 is 0 Å². The van der Waals surface area contributed by atoms with Crippen molar-refractivity contribution in [2.75, 3.05) is 34.0 Å². The molecular formula is C25H30ClNO6. The van der Waals surface area contributed by atoms with E-state index in [0.717, 1.165) is 24.0 Å². The molecule has 0 radical (unpaired) electrons. The van der Waals surface area contributed by atoms with Gasteiger partial charge >= 0.3 is 5.97 Å². The van der Waals surface area contributed by atoms with Gasteiger partial charge in [0, 0.05) is 48.9 Å². The van der Waals surface area contributed by atoms with Crippen molar-refractivity contribution in [1.29, 1.82) is 0 Å². The third kappa shape index (κ3) is 4.54. The van der Waals surface area contributed by atoms with Crippen molar-refractivity contribution in [3.8, 4) is 17.0 Å². The molecule has 2 aromatic rings. The summed E-state index contributed by atoms with van der Waals surface area (Å²) in [5.74, 6) is -0.629. The molecule has 0 bridgehead atoms. The second kappa shape index (κ2) is 8.78. The molecule has 1 aromatic carbocycles. The Balaban J connectivity index is 1.78. The zero-order valence-electron chi connectivity index (χ0n) is 19.4. The minimum Gasteiger partial charge on any atom is -0.491 e. The fourth-order valence-corrected chi connectivity index (χ4v) is 4.99. The van der Waals surface area contributed by atoms with E-state index in [1.807, 2.05) is 16.7 Å². The lowest BCUT2D eigenvalue weighted by atomic mass is 9.78. The number of ether oxygens (including phenoxy) is 3. The summed E-state index contributed by atoms with van der Waals surface area (Å²) in [5.41, 5.74) is 1.40. The summed E-state index contributed by atoms with van der Waals surface area (Å²) in [6.45, 7) is 5.81. The molecule has 0 amide bonds. The number of benzene rings is 1. The molecule has 0 unspecified atom stereocenters. The molecule has 178 valence electrons. The molecule has 0 spiro atoms. The maximum absolute atomic E-state index is 12.6. The summed E-state index contributed by atoms with van der Waals surface area (Å²) in [6.07, 6.45) is 4.21. The first kappa shape index (κ1) is 23.8. The Morgan fingerprint density at radius 3 is 2.55 bits per heavy atom. The Morgan fingerprint density at radius 2 is 1.94 bits per heavy atom. The lowest BCUT2D eigenvalue weighted by molar-refractivity contribution is 0.0615. The van der Waals surface area contributed by atoms with Gasteiger partial charge in [-0.25, -0.2) is 4.79 Å². The van der Waals surface area contributed by atoms with Gasteiger partial charge in [0.2, 0.25) is 0 Å². The van der Waals surface area contributed by atoms with Gasteiger partial charge in [-0.2, -0.15) is 0 Å². The quantitative estimate of drug-likeness (QED) is 0.576. The highest BCUT2D eigenvalue weighted by Gasteiger charge is 2.44. The highest BCUT2D eigenvalue weighted by Crippen LogP contribution is 2.48. The van der Waals surface area contributed by atoms with Crippen LogP contribution in [0.1, 0.15) is 48.7 Å². The van der Waals surface area contributed by atoms with Crippen LogP contribution in [0.4, 0.5) is 0 Å². The van der Waals surface area contributed by atoms with Crippen LogP contribution >= 0.6 is 11.6 Å². The topological polar surface area (TPSA) is 87.0 Å². The molecule has 1 aliphatic heterocycles. The van der Waals surface area contributed by atoms with E-state index in [1.165, 1.54) is 12.3 Å². The predicted octanol–water partition coefficient (Wildman–Crippen LogP) is 4.44. The maximum Gasteiger partial charge on any atom is 0.341 e. The zero-order chi connectivity index (χ0) is 24.0. The van der Waals surface area contributed by atoms with E-state index in [-0.39, 0.29) is 22.4 Å². The molecule has 7 nitrogen and oxygen atoms in total. The average molecular weight is 476 g/mol. The minimum atomic E-state index is -1.24. The molecule has 1 N–H and O–H groups in total. The number of nitrogens with zero attached hydrogens (tertiary/aromatic N) is 1. The number of carboxylic acids is 1. The van der Waals surface area contributed by atoms with E-state index in [2.05, 4.69) is 13.8 Å². The van der Waals surface area contributed by atoms with Crippen LogP contribution < -0.4 is 10.2 Å². The standard InChI is InChI=1S/C25H30ClNO6/c1-24(2,12-31-3)22-8-15-7-21(33-14-25(5-6-25)13-32-4)18(26)9-16(15)19-10-20(28)17(23(29)30)11-27(19)22/h7,9-11,22H,5-6,8,12-14H2,1-4H3,(H,29,30)/t22-/m0/s1. The number of methoxy groups -OCH3 is 2. The van der Waals surface area contributed by atoms with Gasteiger partial charge in [0.1, 0.15) is 11.3 Å². The van der Waals surface area contributed by atoms with Gasteiger partial charge in [-0.1, -0.05) is 25.4 Å². The van der Waals surface area contributed by atoms with Crippen molar-refractivity contribution in [3.05, 3.63) is 50.8 Å². The van der Waals surface area contributed by atoms with Crippen LogP contribution in [0.3, 0.4) is 0 Å². The Kier molecular flexibility index (Phi) is 6.33. The number of rotatable bonds is 9. The molecule has 1 saturated carbocycles. The normalized spacial score (nSPS) is 18.4. The Morgan fingerprint density at radius 1 is 1.21 bits per heavy atom. The zero-order valence-corrected chi connectivity index (χ0v) is 20.2. The molecule has 1 fully saturated rings. The largest absolute Gasteiger partial charge is 0.491 e. The Hall–Kier alpha value is -2.35. The summed E-state index contributed by atoms with van der Waals surface area (Å²) >= 11 is 6.59. The summed E-state index contributed by atoms with van der Waals surface area (Å²) in [5, 5.41) is 9.98. The predicted molar refractivity (Wildman–Crippen MR) is 126 cm³/mol. The third-order valence-electron chi connectivity index (χ3n) is 6.85. The number of hydrogen-bond donors (Lipinski definition) is 1. The van der Waals surface area contributed by atoms with Crippen molar-refractivity contribution in [2.45, 2.75) is 39.2 Å². The van der Waals surface area contributed by atoms with Crippen molar-refractivity contribution in [2.24, 2.45) is 10.8 Å². The summed E-state index contributed by atoms with van der Waals surface area (Å²) < 4.78 is 18.8. The highest BCUT2D eigenvalue weighted by molar-refractivity contribution is 6.32. The number of halogens is 1. The van der Waals surface area contributed by atoms with E-state index in [0.29, 0.717) is 42.7 Å². The first-order valence-corrected chi connectivity index (χ1v) is 11.4. The first-order chi connectivity index (χ1) is 15.6. The van der Waals surface area contributed by atoms with Gasteiger partial charge in [-0.05, 0) is 37.0 Å². The van der Waals surface area contributed by atoms with Gasteiger partial charge in [-0.3, -0.25) is 4.79 Å². The summed E-state index contributed by atoms with van der Waals surface area (Å²) in [7, 11) is 3.34. The van der Waals surface area contributed by atoms with Gasteiger partial charge in [-0.15, -0.1) is 0 Å². The number of carboxylic acid groups (broad SMARTS) is 1. The van der Waals surface area contributed by atoms with E-state index < -0.39 is 11.4 Å². The number of hydrogen-bond acceptors (Lipinski definition) is 5. The minimum absolute atomic E-state index is 0.0596. The molecule has 33 heavy (non-hydrogen) atoms. The number of fused-ring (bicyclic) bond motifs is 3. The smallest absolute Gasteiger partial charge is 0.341 e. The van der Waals surface area contributed by atoms with Crippen molar-refractivity contribution >= 4 is 17.6 Å². The molecule has 2 aliphatic rings. The fourth-order valence-electron chi connectivity index (χ4n) is 4.77. The molecular weight excluding hydrogens is 446 g/mol. The lowest BCUT2D eigenvalue weighted by Gasteiger charge is -2.40. The average Bonchev–Trinajstić information content (AvgIpc) is 3.51. The molecule has 1 atom stereocenters. The van der Waals surface area contributed by atoms with Crippen molar-refractivity contribution < 1.29 is 24.1 Å². The Bertz CT molecular complexity index is 1130. The molecule has 1 aromatic heterocycles. The number of carbonyl (C=O) groups is 1. The number of aromatic nitrogens is 1. The highest BCUT2D eigenvalue weighted by atomic mass is 35.5. The van der Waals surface area contributed by atoms with E-state index in [9.17, 15) is 14.7 Å². The van der Waals surface area contributed by atoms with Crippen LogP contribution in [0.2, 0.25) is 5.02 Å². The number of pyridine rings is 1. The first-order valence-electron chi connectivity index (χ1n) is 11.0. The SMILES string of the molecule is COCC1(COc2cc3c(cc2Cl)-c2cc(=O)c(C(=O)O)cn2[C@H](C(C)(C)COC)C3)CC1. The van der Waals surface area contributed by atoms with Crippen LogP contribution in [0.5, 0.6) is 5.75 Å². The van der Waals surface area contributed by atoms with Crippen LogP contribution in [-0.4, -0.2) is 49.7 Å². The Labute approximate surface area is 198 Å². The van der Waals surface area contributed by atoms with Crippen LogP contribution in [0, 0.1) is 10.8 Å². The van der Waals surface area contributed by atoms with Gasteiger partial charge in [0.15, 0.2) is 5.43 Å². The second-order valence-electron chi connectivity index (χ2n) is 9.95. The summed E-state index contributed by atoms with van der Waals surface area (Å²) in [6, 6.07) is 5.03. The monoisotopic (exact) mass is 475 g/mol. The van der Waals surface area contributed by atoms with Crippen molar-refractivity contribution in [1.82, 2.24) is 4.57 Å². The van der Waals surface area contributed by atoms with E-state index in [1.54, 1.807) is 14.2 Å². The second-order valence-corrected chi connectivity index (χ2v) is 10.4. The van der Waals surface area contributed by atoms with Gasteiger partial charge < -0.3 is 23.9 Å². The molecule has 1 aliphatic carbocycles. The van der Waals surface area contributed by atoms with E-state index in [4.69, 9.17) is 25.8 Å². The lowest BCUT2D eigenvalue weighted by Crippen LogP contribution is -2.37. The van der Waals surface area contributed by atoms with Crippen molar-refractivity contribution in [3.63, 3.8) is 0 Å². The van der Waals surface area contributed by atoms with Crippen LogP contribution in [-0.2, 0) is 15.9 Å².